The molecule has 0 spiro atoms. The summed E-state index contributed by atoms with van der Waals surface area (Å²) in [5, 5.41) is 0. The van der Waals surface area contributed by atoms with Crippen LogP contribution in [0, 0.1) is 0 Å². The highest BCUT2D eigenvalue weighted by atomic mass is 16.2. The molecule has 0 fully saturated rings. The second-order valence-electron chi connectivity index (χ2n) is 9.17. The molecule has 2 amide bonds. The zero-order chi connectivity index (χ0) is 24.4. The van der Waals surface area contributed by atoms with Crippen LogP contribution in [0.1, 0.15) is 116 Å². The van der Waals surface area contributed by atoms with Crippen molar-refractivity contribution in [2.45, 2.75) is 90.4 Å². The Morgan fingerprint density at radius 1 is 0.735 bits per heavy atom. The van der Waals surface area contributed by atoms with Gasteiger partial charge >= 0.3 is 0 Å². The summed E-state index contributed by atoms with van der Waals surface area (Å²) in [5.41, 5.74) is 14.3. The maximum Gasteiger partial charge on any atom is 0.265 e. The van der Waals surface area contributed by atoms with Crippen LogP contribution in [0.15, 0.2) is 48.5 Å². The summed E-state index contributed by atoms with van der Waals surface area (Å²) in [5.74, 6) is -0.561. The molecular formula is C29H43N3O2. The first-order valence-corrected chi connectivity index (χ1v) is 13.1. The van der Waals surface area contributed by atoms with Crippen molar-refractivity contribution in [2.24, 2.45) is 5.73 Å². The molecule has 5 nitrogen and oxygen atoms in total. The summed E-state index contributed by atoms with van der Waals surface area (Å²) in [6.07, 6.45) is 16.5. The number of hydrogen-bond acceptors (Lipinski definition) is 3. The number of primary amides is 1. The normalized spacial score (nSPS) is 10.9. The third kappa shape index (κ3) is 11.0. The van der Waals surface area contributed by atoms with Gasteiger partial charge in [-0.3, -0.25) is 15.0 Å². The van der Waals surface area contributed by atoms with Crippen molar-refractivity contribution in [1.29, 1.82) is 0 Å². The van der Waals surface area contributed by atoms with E-state index < -0.39 is 5.91 Å². The maximum atomic E-state index is 12.3. The van der Waals surface area contributed by atoms with Crippen molar-refractivity contribution in [2.75, 3.05) is 6.54 Å². The Hall–Kier alpha value is -2.66. The van der Waals surface area contributed by atoms with Crippen molar-refractivity contribution in [3.63, 3.8) is 0 Å². The zero-order valence-electron chi connectivity index (χ0n) is 20.9. The Kier molecular flexibility index (Phi) is 13.7. The lowest BCUT2D eigenvalue weighted by atomic mass is 9.98. The van der Waals surface area contributed by atoms with Crippen LogP contribution >= 0.6 is 0 Å². The van der Waals surface area contributed by atoms with Crippen molar-refractivity contribution in [1.82, 2.24) is 10.9 Å². The van der Waals surface area contributed by atoms with Crippen molar-refractivity contribution < 1.29 is 9.59 Å². The highest BCUT2D eigenvalue weighted by molar-refractivity contribution is 5.95. The molecule has 0 atom stereocenters. The summed E-state index contributed by atoms with van der Waals surface area (Å²) < 4.78 is 0. The fraction of sp³-hybridized carbons (Fsp3) is 0.517. The van der Waals surface area contributed by atoms with E-state index in [1.807, 2.05) is 36.4 Å². The lowest BCUT2D eigenvalue weighted by Gasteiger charge is -2.09. The van der Waals surface area contributed by atoms with Gasteiger partial charge in [0, 0.05) is 17.7 Å². The number of hydrazine groups is 1. The van der Waals surface area contributed by atoms with Crippen LogP contribution in [0.25, 0.3) is 0 Å². The van der Waals surface area contributed by atoms with Gasteiger partial charge in [-0.05, 0) is 42.2 Å². The molecule has 0 saturated carbocycles. The largest absolute Gasteiger partial charge is 0.366 e. The lowest BCUT2D eigenvalue weighted by molar-refractivity contribution is 0.0932. The molecule has 0 aliphatic carbocycles. The minimum absolute atomic E-state index is 0.136. The van der Waals surface area contributed by atoms with Crippen LogP contribution in [0.2, 0.25) is 0 Å². The fourth-order valence-electron chi connectivity index (χ4n) is 4.18. The van der Waals surface area contributed by atoms with E-state index in [0.29, 0.717) is 17.5 Å². The number of unbranched alkanes of at least 4 members (excludes halogenated alkanes) is 11. The zero-order valence-corrected chi connectivity index (χ0v) is 20.9. The van der Waals surface area contributed by atoms with E-state index in [-0.39, 0.29) is 5.91 Å². The molecular weight excluding hydrogens is 422 g/mol. The van der Waals surface area contributed by atoms with Gasteiger partial charge in [-0.25, -0.2) is 5.43 Å². The number of carbonyl (C=O) groups excluding carboxylic acids is 2. The van der Waals surface area contributed by atoms with Crippen LogP contribution in [-0.2, 0) is 6.42 Å². The standard InChI is InChI=1S/C29H43N3O2/c1-2-3-4-5-6-7-8-9-10-11-12-15-22-31-32-29(34)25-20-18-24(19-21-25)23-26-16-13-14-17-27(26)28(30)33/h13-14,16-21,31H,2-12,15,22-23H2,1H3,(H2,30,33)(H,32,34). The lowest BCUT2D eigenvalue weighted by Crippen LogP contribution is -2.37. The van der Waals surface area contributed by atoms with Crippen molar-refractivity contribution in [3.8, 4) is 0 Å². The van der Waals surface area contributed by atoms with Gasteiger partial charge in [0.25, 0.3) is 5.91 Å². The molecule has 2 aromatic carbocycles. The third-order valence-corrected chi connectivity index (χ3v) is 6.25. The Bertz CT molecular complexity index is 849. The quantitative estimate of drug-likeness (QED) is 0.178. The Morgan fingerprint density at radius 2 is 1.29 bits per heavy atom. The first-order chi connectivity index (χ1) is 16.6. The van der Waals surface area contributed by atoms with Crippen molar-refractivity contribution >= 4 is 11.8 Å². The fourth-order valence-corrected chi connectivity index (χ4v) is 4.18. The number of benzene rings is 2. The molecule has 0 aliphatic rings. The molecule has 34 heavy (non-hydrogen) atoms. The first kappa shape index (κ1) is 27.6. The Morgan fingerprint density at radius 3 is 1.88 bits per heavy atom. The number of carbonyl (C=O) groups is 2. The SMILES string of the molecule is CCCCCCCCCCCCCCNNC(=O)c1ccc(Cc2ccccc2C(N)=O)cc1. The topological polar surface area (TPSA) is 84.2 Å². The predicted molar refractivity (Wildman–Crippen MR) is 141 cm³/mol. The molecule has 5 heteroatoms. The smallest absolute Gasteiger partial charge is 0.265 e. The summed E-state index contributed by atoms with van der Waals surface area (Å²) in [4.78, 5) is 23.9. The highest BCUT2D eigenvalue weighted by Gasteiger charge is 2.09. The molecule has 4 N–H and O–H groups in total. The van der Waals surface area contributed by atoms with E-state index in [1.165, 1.54) is 70.6 Å². The van der Waals surface area contributed by atoms with Crippen LogP contribution in [0.3, 0.4) is 0 Å². The maximum absolute atomic E-state index is 12.3. The number of nitrogens with one attached hydrogen (secondary N) is 2. The van der Waals surface area contributed by atoms with E-state index in [9.17, 15) is 9.59 Å². The summed E-state index contributed by atoms with van der Waals surface area (Å²) in [7, 11) is 0. The van der Waals surface area contributed by atoms with Gasteiger partial charge in [0.2, 0.25) is 5.91 Å². The average Bonchev–Trinajstić information content (AvgIpc) is 2.84. The summed E-state index contributed by atoms with van der Waals surface area (Å²) >= 11 is 0. The molecule has 0 bridgehead atoms. The summed E-state index contributed by atoms with van der Waals surface area (Å²) in [6.45, 7) is 3.05. The van der Waals surface area contributed by atoms with Gasteiger partial charge < -0.3 is 5.73 Å². The monoisotopic (exact) mass is 465 g/mol. The predicted octanol–water partition coefficient (Wildman–Crippen LogP) is 6.31. The van der Waals surface area contributed by atoms with Gasteiger partial charge in [-0.15, -0.1) is 0 Å². The van der Waals surface area contributed by atoms with Gasteiger partial charge in [0.05, 0.1) is 0 Å². The molecule has 0 radical (unpaired) electrons. The van der Waals surface area contributed by atoms with Gasteiger partial charge in [-0.1, -0.05) is 108 Å². The van der Waals surface area contributed by atoms with Crippen LogP contribution in [-0.4, -0.2) is 18.4 Å². The second kappa shape index (κ2) is 16.9. The summed E-state index contributed by atoms with van der Waals surface area (Å²) in [6, 6.07) is 14.8. The van der Waals surface area contributed by atoms with Crippen LogP contribution < -0.4 is 16.6 Å². The van der Waals surface area contributed by atoms with E-state index in [0.717, 1.165) is 24.1 Å². The third-order valence-electron chi connectivity index (χ3n) is 6.25. The molecule has 2 rings (SSSR count). The number of hydrogen-bond donors (Lipinski definition) is 3. The van der Waals surface area contributed by atoms with Gasteiger partial charge in [-0.2, -0.15) is 0 Å². The van der Waals surface area contributed by atoms with Gasteiger partial charge in [0.1, 0.15) is 0 Å². The molecule has 0 saturated heterocycles. The second-order valence-corrected chi connectivity index (χ2v) is 9.17. The first-order valence-electron chi connectivity index (χ1n) is 13.1. The molecule has 0 heterocycles. The minimum Gasteiger partial charge on any atom is -0.366 e. The Labute approximate surface area is 205 Å². The van der Waals surface area contributed by atoms with Gasteiger partial charge in [0.15, 0.2) is 0 Å². The van der Waals surface area contributed by atoms with E-state index in [4.69, 9.17) is 5.73 Å². The van der Waals surface area contributed by atoms with E-state index in [1.54, 1.807) is 12.1 Å². The van der Waals surface area contributed by atoms with Crippen LogP contribution in [0.4, 0.5) is 0 Å². The number of nitrogens with two attached hydrogens (primary N) is 1. The number of rotatable bonds is 18. The average molecular weight is 466 g/mol. The van der Waals surface area contributed by atoms with Crippen LogP contribution in [0.5, 0.6) is 0 Å². The molecule has 2 aromatic rings. The van der Waals surface area contributed by atoms with Crippen molar-refractivity contribution in [3.05, 3.63) is 70.8 Å². The Balaban J connectivity index is 1.54. The molecule has 186 valence electrons. The van der Waals surface area contributed by atoms with E-state index >= 15 is 0 Å². The molecule has 0 aliphatic heterocycles. The molecule has 0 aromatic heterocycles. The number of amides is 2. The highest BCUT2D eigenvalue weighted by Crippen LogP contribution is 2.15. The van der Waals surface area contributed by atoms with E-state index in [2.05, 4.69) is 17.8 Å². The molecule has 0 unspecified atom stereocenters. The minimum atomic E-state index is -0.425.